The highest BCUT2D eigenvalue weighted by Crippen LogP contribution is 2.36. The Morgan fingerprint density at radius 2 is 1.88 bits per heavy atom. The zero-order valence-electron chi connectivity index (χ0n) is 22.4. The molecule has 0 bridgehead atoms. The van der Waals surface area contributed by atoms with E-state index in [1.165, 1.54) is 0 Å². The molecule has 0 amide bonds. The van der Waals surface area contributed by atoms with Gasteiger partial charge in [-0.3, -0.25) is 9.98 Å². The molecule has 1 N–H and O–H groups in total. The standard InChI is InChI=1S/C30H29F2N7O/c1-3-5-20-14-26(34-17-20)35-27-16-28(39-10-8-38(9-11-39)21-6-4-7-33-18-21)37-30(36-27)40-25-15-24(31)22-12-19(2)13-23(22)29(25)32/h3-7,13-16,18H,8-12,17H2,1-2H3,(H,34,35,36,37)/b5-3+. The van der Waals surface area contributed by atoms with Crippen LogP contribution in [0.3, 0.4) is 0 Å². The number of nitrogens with one attached hydrogen (secondary N) is 1. The number of aromatic nitrogens is 3. The number of ether oxygens (including phenoxy) is 1. The molecule has 1 aliphatic carbocycles. The van der Waals surface area contributed by atoms with Crippen LogP contribution in [0.5, 0.6) is 11.8 Å². The van der Waals surface area contributed by atoms with Crippen molar-refractivity contribution >= 4 is 29.2 Å². The first-order chi connectivity index (χ1) is 19.5. The van der Waals surface area contributed by atoms with Gasteiger partial charge in [-0.2, -0.15) is 9.97 Å². The van der Waals surface area contributed by atoms with Crippen LogP contribution in [0.1, 0.15) is 25.0 Å². The fourth-order valence-electron chi connectivity index (χ4n) is 5.12. The number of aliphatic imine (C=N–C) groups is 1. The average molecular weight is 542 g/mol. The SMILES string of the molecule is C/C=C/C1=CC(Nc2cc(N3CCN(c4cccnc4)CC3)nc(Oc3cc(F)c4c(c3F)C=C(C)C4)n2)=NC1. The zero-order chi connectivity index (χ0) is 27.6. The number of hydrogen-bond donors (Lipinski definition) is 1. The van der Waals surface area contributed by atoms with Crippen LogP contribution in [0, 0.1) is 11.6 Å². The lowest BCUT2D eigenvalue weighted by Crippen LogP contribution is -2.46. The highest BCUT2D eigenvalue weighted by molar-refractivity contribution is 6.05. The topological polar surface area (TPSA) is 78.8 Å². The summed E-state index contributed by atoms with van der Waals surface area (Å²) in [7, 11) is 0. The van der Waals surface area contributed by atoms with E-state index in [-0.39, 0.29) is 17.3 Å². The summed E-state index contributed by atoms with van der Waals surface area (Å²) in [5.41, 5.74) is 3.59. The number of benzene rings is 1. The van der Waals surface area contributed by atoms with Gasteiger partial charge in [-0.1, -0.05) is 23.8 Å². The molecule has 6 rings (SSSR count). The lowest BCUT2D eigenvalue weighted by atomic mass is 10.1. The van der Waals surface area contributed by atoms with Gasteiger partial charge in [0.15, 0.2) is 11.6 Å². The van der Waals surface area contributed by atoms with Crippen molar-refractivity contribution in [3.05, 3.63) is 88.8 Å². The molecule has 8 nitrogen and oxygen atoms in total. The Morgan fingerprint density at radius 3 is 2.65 bits per heavy atom. The molecule has 3 aromatic rings. The number of rotatable bonds is 6. The van der Waals surface area contributed by atoms with Crippen molar-refractivity contribution in [1.29, 1.82) is 0 Å². The maximum Gasteiger partial charge on any atom is 0.326 e. The first-order valence-electron chi connectivity index (χ1n) is 13.3. The molecule has 3 aliphatic rings. The maximum atomic E-state index is 15.4. The largest absolute Gasteiger partial charge is 0.421 e. The number of nitrogens with zero attached hydrogens (tertiary/aromatic N) is 6. The number of halogens is 2. The summed E-state index contributed by atoms with van der Waals surface area (Å²) in [6.07, 6.45) is 11.6. The third kappa shape index (κ3) is 5.29. The predicted octanol–water partition coefficient (Wildman–Crippen LogP) is 5.55. The molecule has 1 aromatic carbocycles. The summed E-state index contributed by atoms with van der Waals surface area (Å²) in [6, 6.07) is 6.78. The predicted molar refractivity (Wildman–Crippen MR) is 153 cm³/mol. The van der Waals surface area contributed by atoms with E-state index in [0.29, 0.717) is 49.1 Å². The Kier molecular flexibility index (Phi) is 6.98. The fourth-order valence-corrected chi connectivity index (χ4v) is 5.12. The molecular formula is C30H29F2N7O. The van der Waals surface area contributed by atoms with Gasteiger partial charge in [0, 0.05) is 55.6 Å². The van der Waals surface area contributed by atoms with Gasteiger partial charge in [-0.25, -0.2) is 8.78 Å². The van der Waals surface area contributed by atoms with Gasteiger partial charge < -0.3 is 19.9 Å². The number of allylic oxidation sites excluding steroid dienone is 2. The minimum Gasteiger partial charge on any atom is -0.421 e. The first-order valence-corrected chi connectivity index (χ1v) is 13.3. The maximum absolute atomic E-state index is 15.4. The zero-order valence-corrected chi connectivity index (χ0v) is 22.4. The smallest absolute Gasteiger partial charge is 0.326 e. The number of amidine groups is 1. The lowest BCUT2D eigenvalue weighted by molar-refractivity contribution is 0.406. The van der Waals surface area contributed by atoms with Gasteiger partial charge in [0.2, 0.25) is 0 Å². The highest BCUT2D eigenvalue weighted by Gasteiger charge is 2.25. The Hall–Kier alpha value is -4.60. The van der Waals surface area contributed by atoms with E-state index in [1.807, 2.05) is 56.5 Å². The minimum atomic E-state index is -0.624. The van der Waals surface area contributed by atoms with E-state index < -0.39 is 11.6 Å². The number of piperazine rings is 1. The molecule has 2 aromatic heterocycles. The normalized spacial score (nSPS) is 16.6. The van der Waals surface area contributed by atoms with Crippen LogP contribution in [0.25, 0.3) is 6.08 Å². The average Bonchev–Trinajstić information content (AvgIpc) is 3.58. The van der Waals surface area contributed by atoms with Gasteiger partial charge in [-0.05, 0) is 44.1 Å². The van der Waals surface area contributed by atoms with Crippen LogP contribution in [-0.4, -0.2) is 53.5 Å². The molecule has 40 heavy (non-hydrogen) atoms. The Bertz CT molecular complexity index is 1560. The summed E-state index contributed by atoms with van der Waals surface area (Å²) in [5.74, 6) is 0.334. The second-order valence-electron chi connectivity index (χ2n) is 9.96. The van der Waals surface area contributed by atoms with E-state index in [0.717, 1.165) is 36.0 Å². The van der Waals surface area contributed by atoms with E-state index in [1.54, 1.807) is 12.3 Å². The highest BCUT2D eigenvalue weighted by atomic mass is 19.1. The molecule has 0 saturated carbocycles. The first kappa shape index (κ1) is 25.7. The molecule has 1 saturated heterocycles. The van der Waals surface area contributed by atoms with Crippen LogP contribution in [0.15, 0.2) is 71.0 Å². The van der Waals surface area contributed by atoms with Crippen molar-refractivity contribution in [2.45, 2.75) is 20.3 Å². The van der Waals surface area contributed by atoms with Gasteiger partial charge in [-0.15, -0.1) is 0 Å². The summed E-state index contributed by atoms with van der Waals surface area (Å²) in [4.78, 5) is 22.2. The third-order valence-corrected chi connectivity index (χ3v) is 7.07. The van der Waals surface area contributed by atoms with Crippen LogP contribution in [0.4, 0.5) is 26.1 Å². The minimum absolute atomic E-state index is 0.0807. The van der Waals surface area contributed by atoms with Crippen molar-refractivity contribution in [3.8, 4) is 11.8 Å². The molecule has 0 unspecified atom stereocenters. The molecule has 204 valence electrons. The Morgan fingerprint density at radius 1 is 1.05 bits per heavy atom. The van der Waals surface area contributed by atoms with Crippen molar-refractivity contribution in [2.75, 3.05) is 47.8 Å². The monoisotopic (exact) mass is 541 g/mol. The van der Waals surface area contributed by atoms with E-state index in [2.05, 4.69) is 35.1 Å². The third-order valence-electron chi connectivity index (χ3n) is 7.07. The number of fused-ring (bicyclic) bond motifs is 1. The quantitative estimate of drug-likeness (QED) is 0.438. The number of anilines is 3. The van der Waals surface area contributed by atoms with Crippen molar-refractivity contribution in [1.82, 2.24) is 15.0 Å². The second kappa shape index (κ2) is 10.9. The Labute approximate surface area is 231 Å². The molecule has 0 spiro atoms. The fraction of sp³-hybridized carbons (Fsp3) is 0.267. The second-order valence-corrected chi connectivity index (χ2v) is 9.96. The van der Waals surface area contributed by atoms with Crippen LogP contribution >= 0.6 is 0 Å². The number of hydrogen-bond acceptors (Lipinski definition) is 8. The van der Waals surface area contributed by atoms with Crippen LogP contribution in [0.2, 0.25) is 0 Å². The summed E-state index contributed by atoms with van der Waals surface area (Å²) in [6.45, 7) is 7.31. The molecule has 1 fully saturated rings. The Balaban J connectivity index is 1.29. The summed E-state index contributed by atoms with van der Waals surface area (Å²) < 4.78 is 36.0. The van der Waals surface area contributed by atoms with Gasteiger partial charge >= 0.3 is 6.01 Å². The summed E-state index contributed by atoms with van der Waals surface area (Å²) >= 11 is 0. The van der Waals surface area contributed by atoms with Gasteiger partial charge in [0.25, 0.3) is 0 Å². The van der Waals surface area contributed by atoms with Crippen molar-refractivity contribution in [3.63, 3.8) is 0 Å². The molecule has 0 atom stereocenters. The molecular weight excluding hydrogens is 512 g/mol. The molecule has 0 radical (unpaired) electrons. The van der Waals surface area contributed by atoms with Crippen molar-refractivity contribution < 1.29 is 13.5 Å². The van der Waals surface area contributed by atoms with E-state index in [4.69, 9.17) is 4.74 Å². The van der Waals surface area contributed by atoms with E-state index in [9.17, 15) is 4.39 Å². The lowest BCUT2D eigenvalue weighted by Gasteiger charge is -2.36. The van der Waals surface area contributed by atoms with E-state index >= 15 is 4.39 Å². The van der Waals surface area contributed by atoms with Crippen LogP contribution in [-0.2, 0) is 6.42 Å². The van der Waals surface area contributed by atoms with Gasteiger partial charge in [0.1, 0.15) is 23.3 Å². The molecule has 10 heteroatoms. The van der Waals surface area contributed by atoms with Crippen molar-refractivity contribution in [2.24, 2.45) is 4.99 Å². The molecule has 4 heterocycles. The number of pyridine rings is 1. The molecule has 2 aliphatic heterocycles. The van der Waals surface area contributed by atoms with Gasteiger partial charge in [0.05, 0.1) is 18.4 Å². The summed E-state index contributed by atoms with van der Waals surface area (Å²) in [5, 5.41) is 3.23. The van der Waals surface area contributed by atoms with Crippen LogP contribution < -0.4 is 19.9 Å².